The summed E-state index contributed by atoms with van der Waals surface area (Å²) in [5.74, 6) is -0.0805. The van der Waals surface area contributed by atoms with Gasteiger partial charge in [-0.1, -0.05) is 59.3 Å². The summed E-state index contributed by atoms with van der Waals surface area (Å²) in [6.07, 6.45) is 4.53. The second kappa shape index (κ2) is 15.3. The van der Waals surface area contributed by atoms with Crippen molar-refractivity contribution in [2.24, 2.45) is 4.99 Å². The van der Waals surface area contributed by atoms with E-state index in [4.69, 9.17) is 21.3 Å². The molecule has 1 aromatic heterocycles. The van der Waals surface area contributed by atoms with E-state index in [1.54, 1.807) is 27.1 Å². The molecule has 230 valence electrons. The fourth-order valence-electron chi connectivity index (χ4n) is 5.14. The molecule has 0 aliphatic carbocycles. The van der Waals surface area contributed by atoms with Crippen molar-refractivity contribution in [1.29, 1.82) is 0 Å². The van der Waals surface area contributed by atoms with Crippen molar-refractivity contribution in [3.8, 4) is 17.0 Å². The number of hydrogen-bond donors (Lipinski definition) is 2. The minimum Gasteiger partial charge on any atom is -0.434 e. The SMILES string of the molecule is C/C=C(/C(=O)Nc1sc(N2CCC(N(C)CCc3ccccc3)CC2)nc1-c1cc(Cl)ccc1OC(F)F)C(=NC)NC. The van der Waals surface area contributed by atoms with Crippen LogP contribution in [0.4, 0.5) is 18.9 Å². The highest BCUT2D eigenvalue weighted by Crippen LogP contribution is 2.43. The minimum absolute atomic E-state index is 0.0808. The van der Waals surface area contributed by atoms with Crippen LogP contribution in [-0.4, -0.2) is 75.1 Å². The van der Waals surface area contributed by atoms with Crippen LogP contribution in [0, 0.1) is 0 Å². The Kier molecular flexibility index (Phi) is 11.5. The molecular weight excluding hydrogens is 594 g/mol. The number of hydrogen-bond acceptors (Lipinski definition) is 7. The molecule has 0 unspecified atom stereocenters. The maximum atomic E-state index is 13.4. The Hall–Kier alpha value is -3.54. The largest absolute Gasteiger partial charge is 0.434 e. The number of ether oxygens (including phenoxy) is 1. The average molecular weight is 631 g/mol. The molecule has 1 aliphatic rings. The Balaban J connectivity index is 1.58. The Morgan fingerprint density at radius 2 is 1.98 bits per heavy atom. The maximum absolute atomic E-state index is 13.4. The van der Waals surface area contributed by atoms with E-state index in [1.165, 1.54) is 35.1 Å². The number of alkyl halides is 2. The number of aromatic nitrogens is 1. The van der Waals surface area contributed by atoms with Crippen molar-refractivity contribution in [1.82, 2.24) is 15.2 Å². The summed E-state index contributed by atoms with van der Waals surface area (Å²) in [6, 6.07) is 15.3. The molecule has 8 nitrogen and oxygen atoms in total. The molecule has 0 bridgehead atoms. The van der Waals surface area contributed by atoms with Crippen LogP contribution in [0.1, 0.15) is 25.3 Å². The van der Waals surface area contributed by atoms with Crippen LogP contribution in [0.5, 0.6) is 5.75 Å². The molecule has 1 saturated heterocycles. The van der Waals surface area contributed by atoms with E-state index in [-0.39, 0.29) is 11.3 Å². The van der Waals surface area contributed by atoms with Gasteiger partial charge < -0.3 is 25.2 Å². The summed E-state index contributed by atoms with van der Waals surface area (Å²) in [5.41, 5.74) is 2.23. The Labute approximate surface area is 260 Å². The van der Waals surface area contributed by atoms with E-state index >= 15 is 0 Å². The molecule has 4 rings (SSSR count). The lowest BCUT2D eigenvalue weighted by Crippen LogP contribution is -2.44. The second-order valence-electron chi connectivity index (χ2n) is 10.1. The molecule has 1 aliphatic heterocycles. The van der Waals surface area contributed by atoms with Crippen LogP contribution in [0.25, 0.3) is 11.3 Å². The van der Waals surface area contributed by atoms with Gasteiger partial charge in [0.2, 0.25) is 0 Å². The lowest BCUT2D eigenvalue weighted by Gasteiger charge is -2.36. The lowest BCUT2D eigenvalue weighted by molar-refractivity contribution is -0.112. The average Bonchev–Trinajstić information content (AvgIpc) is 3.43. The predicted molar refractivity (Wildman–Crippen MR) is 172 cm³/mol. The number of aliphatic imine (C=N–C) groups is 1. The molecular formula is C31H37ClF2N6O2S. The van der Waals surface area contributed by atoms with Crippen LogP contribution >= 0.6 is 22.9 Å². The number of thiazole rings is 1. The highest BCUT2D eigenvalue weighted by Gasteiger charge is 2.28. The first kappa shape index (κ1) is 32.4. The number of amides is 1. The molecule has 12 heteroatoms. The number of nitrogens with one attached hydrogen (secondary N) is 2. The Bertz CT molecular complexity index is 1440. The molecule has 0 saturated carbocycles. The van der Waals surface area contributed by atoms with Gasteiger partial charge in [0.05, 0.1) is 5.57 Å². The molecule has 2 heterocycles. The van der Waals surface area contributed by atoms with Gasteiger partial charge >= 0.3 is 6.61 Å². The first-order chi connectivity index (χ1) is 20.7. The lowest BCUT2D eigenvalue weighted by atomic mass is 10.0. The van der Waals surface area contributed by atoms with Crippen molar-refractivity contribution in [2.45, 2.75) is 38.8 Å². The molecule has 0 atom stereocenters. The zero-order chi connectivity index (χ0) is 30.9. The molecule has 3 aromatic rings. The summed E-state index contributed by atoms with van der Waals surface area (Å²) in [7, 11) is 5.43. The number of rotatable bonds is 11. The number of allylic oxidation sites excluding steroid dienone is 1. The number of anilines is 2. The number of nitrogens with zero attached hydrogens (tertiary/aromatic N) is 4. The molecule has 2 aromatic carbocycles. The standard InChI is InChI=1S/C31H37ClF2N6O2S/c1-5-23(27(35-2)36-3)28(41)38-29-26(24-19-21(32)11-12-25(24)42-30(33)34)37-31(43-29)40-17-14-22(15-18-40)39(4)16-13-20-9-7-6-8-10-20/h5-12,19,22,30H,13-18H2,1-4H3,(H,35,36)(H,38,41)/b23-5+. The fourth-order valence-corrected chi connectivity index (χ4v) is 6.34. The highest BCUT2D eigenvalue weighted by molar-refractivity contribution is 7.20. The maximum Gasteiger partial charge on any atom is 0.387 e. The van der Waals surface area contributed by atoms with E-state index < -0.39 is 12.5 Å². The smallest absolute Gasteiger partial charge is 0.387 e. The normalized spacial score (nSPS) is 14.9. The predicted octanol–water partition coefficient (Wildman–Crippen LogP) is 6.34. The number of halogens is 3. The third-order valence-corrected chi connectivity index (χ3v) is 8.73. The van der Waals surface area contributed by atoms with Crippen molar-refractivity contribution >= 4 is 44.8 Å². The van der Waals surface area contributed by atoms with Gasteiger partial charge in [0.1, 0.15) is 22.3 Å². The monoisotopic (exact) mass is 630 g/mol. The van der Waals surface area contributed by atoms with Crippen LogP contribution in [-0.2, 0) is 11.2 Å². The summed E-state index contributed by atoms with van der Waals surface area (Å²) in [5, 5.41) is 7.26. The first-order valence-electron chi connectivity index (χ1n) is 14.1. The van der Waals surface area contributed by atoms with Crippen molar-refractivity contribution in [3.63, 3.8) is 0 Å². The van der Waals surface area contributed by atoms with Crippen LogP contribution in [0.15, 0.2) is 65.2 Å². The quantitative estimate of drug-likeness (QED) is 0.146. The van der Waals surface area contributed by atoms with E-state index in [1.807, 2.05) is 6.07 Å². The molecule has 0 radical (unpaired) electrons. The van der Waals surface area contributed by atoms with E-state index in [2.05, 4.69) is 56.7 Å². The molecule has 1 amide bonds. The summed E-state index contributed by atoms with van der Waals surface area (Å²) < 4.78 is 31.4. The van der Waals surface area contributed by atoms with Crippen molar-refractivity contribution in [2.75, 3.05) is 51.0 Å². The van der Waals surface area contributed by atoms with Crippen molar-refractivity contribution < 1.29 is 18.3 Å². The number of carbonyl (C=O) groups is 1. The number of piperidine rings is 1. The number of likely N-dealkylation sites (N-methyl/N-ethyl adjacent to an activating group) is 2. The molecule has 1 fully saturated rings. The van der Waals surface area contributed by atoms with Gasteiger partial charge in [-0.15, -0.1) is 0 Å². The summed E-state index contributed by atoms with van der Waals surface area (Å²) >= 11 is 7.57. The Morgan fingerprint density at radius 1 is 1.26 bits per heavy atom. The molecule has 0 spiro atoms. The van der Waals surface area contributed by atoms with Gasteiger partial charge in [0.15, 0.2) is 5.13 Å². The van der Waals surface area contributed by atoms with Gasteiger partial charge in [-0.05, 0) is 57.0 Å². The molecule has 43 heavy (non-hydrogen) atoms. The van der Waals surface area contributed by atoms with E-state index in [9.17, 15) is 13.6 Å². The molecule has 2 N–H and O–H groups in total. The fraction of sp³-hybridized carbons (Fsp3) is 0.387. The topological polar surface area (TPSA) is 82.1 Å². The minimum atomic E-state index is -3.04. The van der Waals surface area contributed by atoms with Gasteiger partial charge in [-0.2, -0.15) is 8.78 Å². The third-order valence-electron chi connectivity index (χ3n) is 7.46. The van der Waals surface area contributed by atoms with Crippen LogP contribution in [0.2, 0.25) is 5.02 Å². The second-order valence-corrected chi connectivity index (χ2v) is 11.5. The zero-order valence-electron chi connectivity index (χ0n) is 24.7. The zero-order valence-corrected chi connectivity index (χ0v) is 26.3. The Morgan fingerprint density at radius 3 is 2.60 bits per heavy atom. The summed E-state index contributed by atoms with van der Waals surface area (Å²) in [6.45, 7) is 1.20. The van der Waals surface area contributed by atoms with E-state index in [0.717, 1.165) is 38.9 Å². The first-order valence-corrected chi connectivity index (χ1v) is 15.3. The van der Waals surface area contributed by atoms with Crippen LogP contribution < -0.4 is 20.3 Å². The number of benzene rings is 2. The third kappa shape index (κ3) is 8.31. The van der Waals surface area contributed by atoms with Gasteiger partial charge in [0, 0.05) is 50.4 Å². The van der Waals surface area contributed by atoms with Crippen molar-refractivity contribution in [3.05, 3.63) is 70.8 Å². The summed E-state index contributed by atoms with van der Waals surface area (Å²) in [4.78, 5) is 26.9. The highest BCUT2D eigenvalue weighted by atomic mass is 35.5. The number of amidine groups is 1. The van der Waals surface area contributed by atoms with Gasteiger partial charge in [0.25, 0.3) is 5.91 Å². The van der Waals surface area contributed by atoms with Gasteiger partial charge in [-0.3, -0.25) is 9.79 Å². The van der Waals surface area contributed by atoms with Crippen LogP contribution in [0.3, 0.4) is 0 Å². The van der Waals surface area contributed by atoms with Gasteiger partial charge in [-0.25, -0.2) is 4.98 Å². The van der Waals surface area contributed by atoms with E-state index in [0.29, 0.717) is 38.3 Å². The number of carbonyl (C=O) groups excluding carboxylic acids is 1.